The summed E-state index contributed by atoms with van der Waals surface area (Å²) in [6, 6.07) is 20.8. The van der Waals surface area contributed by atoms with Crippen LogP contribution in [0.1, 0.15) is 33.3 Å². The molecule has 1 aliphatic heterocycles. The molecule has 0 unspecified atom stereocenters. The summed E-state index contributed by atoms with van der Waals surface area (Å²) in [5, 5.41) is 4.00. The van der Waals surface area contributed by atoms with E-state index in [9.17, 15) is 4.79 Å². The van der Waals surface area contributed by atoms with Gasteiger partial charge in [0.2, 0.25) is 0 Å². The standard InChI is InChI=1S/C27H25N3O5/c1-18-3-4-19(2)30(18)21-6-8-22(9-7-21)34-17-23-10-12-25(35-23)27(31)29-28-16-20-5-11-24-26(15-20)33-14-13-32-24/h3-12,15-16H,13-14,17H2,1-2H3,(H,29,31). The van der Waals surface area contributed by atoms with E-state index in [2.05, 4.69) is 41.1 Å². The summed E-state index contributed by atoms with van der Waals surface area (Å²) in [7, 11) is 0. The molecule has 3 heterocycles. The maximum Gasteiger partial charge on any atom is 0.307 e. The molecule has 1 N–H and O–H groups in total. The minimum Gasteiger partial charge on any atom is -0.486 e. The molecule has 5 rings (SSSR count). The average Bonchev–Trinajstić information content (AvgIpc) is 3.49. The Morgan fingerprint density at radius 3 is 2.49 bits per heavy atom. The first-order valence-corrected chi connectivity index (χ1v) is 11.3. The summed E-state index contributed by atoms with van der Waals surface area (Å²) in [5.74, 6) is 2.30. The number of carbonyl (C=O) groups is 1. The van der Waals surface area contributed by atoms with Gasteiger partial charge in [0.15, 0.2) is 17.3 Å². The number of hydrazone groups is 1. The van der Waals surface area contributed by atoms with Crippen molar-refractivity contribution in [3.8, 4) is 22.9 Å². The Labute approximate surface area is 202 Å². The van der Waals surface area contributed by atoms with Gasteiger partial charge in [-0.25, -0.2) is 5.43 Å². The molecule has 1 aliphatic rings. The molecule has 2 aromatic heterocycles. The van der Waals surface area contributed by atoms with Crippen LogP contribution in [-0.2, 0) is 6.61 Å². The Morgan fingerprint density at radius 1 is 0.971 bits per heavy atom. The van der Waals surface area contributed by atoms with Gasteiger partial charge < -0.3 is 23.2 Å². The number of aryl methyl sites for hydroxylation is 2. The number of hydrogen-bond donors (Lipinski definition) is 1. The van der Waals surface area contributed by atoms with Gasteiger partial charge in [0.1, 0.15) is 31.3 Å². The highest BCUT2D eigenvalue weighted by Crippen LogP contribution is 2.30. The highest BCUT2D eigenvalue weighted by atomic mass is 16.6. The van der Waals surface area contributed by atoms with Gasteiger partial charge in [0, 0.05) is 17.1 Å². The summed E-state index contributed by atoms with van der Waals surface area (Å²) in [6.45, 7) is 5.40. The van der Waals surface area contributed by atoms with Crippen molar-refractivity contribution < 1.29 is 23.4 Å². The van der Waals surface area contributed by atoms with E-state index in [1.54, 1.807) is 18.2 Å². The molecule has 4 aromatic rings. The number of nitrogens with one attached hydrogen (secondary N) is 1. The van der Waals surface area contributed by atoms with Gasteiger partial charge in [0.05, 0.1) is 6.21 Å². The highest BCUT2D eigenvalue weighted by Gasteiger charge is 2.13. The molecule has 2 aromatic carbocycles. The molecule has 35 heavy (non-hydrogen) atoms. The molecular weight excluding hydrogens is 446 g/mol. The third kappa shape index (κ3) is 5.06. The first-order valence-electron chi connectivity index (χ1n) is 11.3. The lowest BCUT2D eigenvalue weighted by Gasteiger charge is -2.18. The summed E-state index contributed by atoms with van der Waals surface area (Å²) < 4.78 is 24.6. The van der Waals surface area contributed by atoms with Crippen LogP contribution in [0.3, 0.4) is 0 Å². The lowest BCUT2D eigenvalue weighted by Crippen LogP contribution is -2.17. The Morgan fingerprint density at radius 2 is 1.71 bits per heavy atom. The normalized spacial score (nSPS) is 12.6. The van der Waals surface area contributed by atoms with Crippen LogP contribution in [0.4, 0.5) is 0 Å². The number of amides is 1. The van der Waals surface area contributed by atoms with E-state index in [0.717, 1.165) is 11.3 Å². The molecule has 0 atom stereocenters. The van der Waals surface area contributed by atoms with Gasteiger partial charge >= 0.3 is 5.91 Å². The van der Waals surface area contributed by atoms with E-state index in [1.807, 2.05) is 36.4 Å². The first-order chi connectivity index (χ1) is 17.1. The molecule has 0 fully saturated rings. The van der Waals surface area contributed by atoms with E-state index >= 15 is 0 Å². The van der Waals surface area contributed by atoms with E-state index in [4.69, 9.17) is 18.6 Å². The Balaban J connectivity index is 1.14. The van der Waals surface area contributed by atoms with Crippen LogP contribution < -0.4 is 19.6 Å². The largest absolute Gasteiger partial charge is 0.486 e. The monoisotopic (exact) mass is 471 g/mol. The minimum atomic E-state index is -0.452. The predicted molar refractivity (Wildman–Crippen MR) is 131 cm³/mol. The van der Waals surface area contributed by atoms with Crippen molar-refractivity contribution >= 4 is 12.1 Å². The van der Waals surface area contributed by atoms with Crippen molar-refractivity contribution in [1.82, 2.24) is 9.99 Å². The molecule has 0 bridgehead atoms. The van der Waals surface area contributed by atoms with Crippen molar-refractivity contribution in [2.75, 3.05) is 13.2 Å². The molecular formula is C27H25N3O5. The predicted octanol–water partition coefficient (Wildman–Crippen LogP) is 4.80. The maximum atomic E-state index is 12.4. The lowest BCUT2D eigenvalue weighted by molar-refractivity contribution is 0.0923. The van der Waals surface area contributed by atoms with Crippen molar-refractivity contribution in [2.45, 2.75) is 20.5 Å². The number of fused-ring (bicyclic) bond motifs is 1. The second-order valence-corrected chi connectivity index (χ2v) is 8.10. The number of benzene rings is 2. The zero-order valence-electron chi connectivity index (χ0n) is 19.5. The zero-order valence-corrected chi connectivity index (χ0v) is 19.5. The summed E-state index contributed by atoms with van der Waals surface area (Å²) in [6.07, 6.45) is 1.53. The molecule has 0 spiro atoms. The second-order valence-electron chi connectivity index (χ2n) is 8.10. The molecule has 0 radical (unpaired) electrons. The number of carbonyl (C=O) groups excluding carboxylic acids is 1. The smallest absolute Gasteiger partial charge is 0.307 e. The fraction of sp³-hybridized carbons (Fsp3) is 0.185. The van der Waals surface area contributed by atoms with Crippen LogP contribution in [0.5, 0.6) is 17.2 Å². The number of furan rings is 1. The molecule has 0 saturated carbocycles. The lowest BCUT2D eigenvalue weighted by atomic mass is 10.2. The molecule has 178 valence electrons. The van der Waals surface area contributed by atoms with Crippen molar-refractivity contribution in [2.24, 2.45) is 5.10 Å². The van der Waals surface area contributed by atoms with E-state index in [1.165, 1.54) is 17.6 Å². The van der Waals surface area contributed by atoms with E-state index < -0.39 is 5.91 Å². The van der Waals surface area contributed by atoms with Crippen molar-refractivity contribution in [3.05, 3.63) is 95.2 Å². The third-order valence-corrected chi connectivity index (χ3v) is 5.58. The van der Waals surface area contributed by atoms with E-state index in [-0.39, 0.29) is 12.4 Å². The Hall–Kier alpha value is -4.46. The SMILES string of the molecule is Cc1ccc(C)n1-c1ccc(OCc2ccc(C(=O)NN=Cc3ccc4c(c3)OCCO4)o2)cc1. The van der Waals surface area contributed by atoms with Crippen LogP contribution in [-0.4, -0.2) is 29.9 Å². The summed E-state index contributed by atoms with van der Waals surface area (Å²) in [5.41, 5.74) is 6.66. The van der Waals surface area contributed by atoms with Gasteiger partial charge in [-0.3, -0.25) is 4.79 Å². The first kappa shape index (κ1) is 22.3. The quantitative estimate of drug-likeness (QED) is 0.309. The third-order valence-electron chi connectivity index (χ3n) is 5.58. The number of nitrogens with zero attached hydrogens (tertiary/aromatic N) is 2. The van der Waals surface area contributed by atoms with Gasteiger partial charge in [-0.1, -0.05) is 0 Å². The van der Waals surface area contributed by atoms with Crippen molar-refractivity contribution in [3.63, 3.8) is 0 Å². The molecule has 1 amide bonds. The number of aromatic nitrogens is 1. The molecule has 0 aliphatic carbocycles. The Kier molecular flexibility index (Phi) is 6.26. The minimum absolute atomic E-state index is 0.150. The van der Waals surface area contributed by atoms with Crippen LogP contribution in [0.25, 0.3) is 5.69 Å². The topological polar surface area (TPSA) is 87.2 Å². The van der Waals surface area contributed by atoms with Crippen LogP contribution in [0.2, 0.25) is 0 Å². The van der Waals surface area contributed by atoms with Gasteiger partial charge in [-0.05, 0) is 86.1 Å². The summed E-state index contributed by atoms with van der Waals surface area (Å²) in [4.78, 5) is 12.4. The number of rotatable bonds is 7. The van der Waals surface area contributed by atoms with E-state index in [0.29, 0.717) is 36.2 Å². The number of hydrogen-bond acceptors (Lipinski definition) is 6. The molecule has 0 saturated heterocycles. The zero-order chi connectivity index (χ0) is 24.2. The van der Waals surface area contributed by atoms with Crippen molar-refractivity contribution in [1.29, 1.82) is 0 Å². The van der Waals surface area contributed by atoms with Gasteiger partial charge in [-0.15, -0.1) is 0 Å². The Bertz CT molecular complexity index is 1350. The van der Waals surface area contributed by atoms with Crippen LogP contribution >= 0.6 is 0 Å². The second kappa shape index (κ2) is 9.80. The maximum absolute atomic E-state index is 12.4. The molecule has 8 nitrogen and oxygen atoms in total. The number of ether oxygens (including phenoxy) is 3. The van der Waals surface area contributed by atoms with Gasteiger partial charge in [-0.2, -0.15) is 5.10 Å². The van der Waals surface area contributed by atoms with Gasteiger partial charge in [0.25, 0.3) is 0 Å². The van der Waals surface area contributed by atoms with Crippen LogP contribution in [0.15, 0.2) is 76.2 Å². The van der Waals surface area contributed by atoms with Crippen LogP contribution in [0, 0.1) is 13.8 Å². The fourth-order valence-corrected chi connectivity index (χ4v) is 3.86. The average molecular weight is 472 g/mol. The fourth-order valence-electron chi connectivity index (χ4n) is 3.86. The summed E-state index contributed by atoms with van der Waals surface area (Å²) >= 11 is 0. The highest BCUT2D eigenvalue weighted by molar-refractivity contribution is 5.92. The molecule has 8 heteroatoms.